The molecule has 63 heavy (non-hydrogen) atoms. The highest BCUT2D eigenvalue weighted by atomic mass is 35.5. The number of aromatic nitrogens is 3. The summed E-state index contributed by atoms with van der Waals surface area (Å²) in [5.74, 6) is -2.04. The molecule has 0 aliphatic carbocycles. The van der Waals surface area contributed by atoms with Gasteiger partial charge in [-0.15, -0.1) is 0 Å². The van der Waals surface area contributed by atoms with Crippen LogP contribution in [0.4, 0.5) is 0 Å². The summed E-state index contributed by atoms with van der Waals surface area (Å²) in [5, 5.41) is 17.8. The molecule has 11 nitrogen and oxygen atoms in total. The smallest absolute Gasteiger partial charge is 0.321 e. The Balaban J connectivity index is 1.22. The Labute approximate surface area is 371 Å². The van der Waals surface area contributed by atoms with E-state index >= 15 is 0 Å². The van der Waals surface area contributed by atoms with E-state index in [2.05, 4.69) is 10.1 Å². The number of methoxy groups -OCH3 is 1. The zero-order valence-corrected chi connectivity index (χ0v) is 35.8. The maximum absolute atomic E-state index is 13.8. The SMILES string of the molecule is COC(=O)C(c1nc2ccc(C)cc2[n+]([O-])n1)c1cc(C2OC(COCc3ccccc3)C(OCc3ccccc3)C(OCc3ccccc3)C2OCc2ccccc2)ccc1Cl. The Morgan fingerprint density at radius 1 is 0.698 bits per heavy atom. The fraction of sp³-hybridized carbons (Fsp3) is 0.255. The number of benzene rings is 6. The lowest BCUT2D eigenvalue weighted by atomic mass is 9.88. The van der Waals surface area contributed by atoms with Crippen LogP contribution in [0.5, 0.6) is 0 Å². The van der Waals surface area contributed by atoms with Gasteiger partial charge in [-0.25, -0.2) is 4.98 Å². The number of fused-ring (bicyclic) bond motifs is 1. The fourth-order valence-electron chi connectivity index (χ4n) is 7.80. The average molecular weight is 866 g/mol. The normalized spacial score (nSPS) is 19.1. The molecule has 6 unspecified atom stereocenters. The highest BCUT2D eigenvalue weighted by Crippen LogP contribution is 2.41. The standard InChI is InChI=1S/C51H48ClN3O8/c1-34-23-26-42-43(27-34)55(57)54-50(53-42)45(51(56)58-2)40-28-39(24-25-41(40)52)46-48(61-31-37-19-11-5-12-20-37)49(62-32-38-21-13-6-14-22-38)47(60-30-36-17-9-4-10-18-36)44(63-46)33-59-29-35-15-7-3-8-16-35/h3-28,44-49H,29-33H2,1-2H3. The van der Waals surface area contributed by atoms with Gasteiger partial charge in [0.1, 0.15) is 42.0 Å². The molecule has 1 aliphatic rings. The number of carbonyl (C=O) groups is 1. The van der Waals surface area contributed by atoms with E-state index in [-0.39, 0.29) is 42.8 Å². The van der Waals surface area contributed by atoms with E-state index < -0.39 is 42.4 Å². The Bertz CT molecular complexity index is 2570. The van der Waals surface area contributed by atoms with Crippen LogP contribution in [-0.2, 0) is 59.6 Å². The number of hydrogen-bond donors (Lipinski definition) is 0. The van der Waals surface area contributed by atoms with Crippen molar-refractivity contribution in [3.05, 3.63) is 213 Å². The first-order valence-corrected chi connectivity index (χ1v) is 21.2. The van der Waals surface area contributed by atoms with Crippen molar-refractivity contribution < 1.29 is 38.1 Å². The molecule has 6 aromatic carbocycles. The highest BCUT2D eigenvalue weighted by molar-refractivity contribution is 6.31. The molecular formula is C51H48ClN3O8. The van der Waals surface area contributed by atoms with Crippen molar-refractivity contribution in [1.29, 1.82) is 0 Å². The first-order chi connectivity index (χ1) is 30.8. The third kappa shape index (κ3) is 10.8. The number of nitrogens with zero attached hydrogens (tertiary/aromatic N) is 3. The molecule has 7 aromatic rings. The number of ether oxygens (including phenoxy) is 6. The maximum atomic E-state index is 13.8. The van der Waals surface area contributed by atoms with Crippen LogP contribution in [0.2, 0.25) is 5.02 Å². The monoisotopic (exact) mass is 865 g/mol. The predicted octanol–water partition coefficient (Wildman–Crippen LogP) is 8.94. The van der Waals surface area contributed by atoms with E-state index in [9.17, 15) is 10.0 Å². The van der Waals surface area contributed by atoms with Crippen LogP contribution >= 0.6 is 11.6 Å². The minimum absolute atomic E-state index is 0.0701. The quantitative estimate of drug-likeness (QED) is 0.0498. The highest BCUT2D eigenvalue weighted by Gasteiger charge is 2.49. The molecule has 8 rings (SSSR count). The molecule has 0 radical (unpaired) electrons. The van der Waals surface area contributed by atoms with Crippen molar-refractivity contribution >= 4 is 28.6 Å². The molecule has 0 bridgehead atoms. The van der Waals surface area contributed by atoms with Crippen molar-refractivity contribution in [3.63, 3.8) is 0 Å². The summed E-state index contributed by atoms with van der Waals surface area (Å²) >= 11 is 6.98. The van der Waals surface area contributed by atoms with Crippen molar-refractivity contribution in [2.75, 3.05) is 13.7 Å². The molecule has 6 atom stereocenters. The Kier molecular flexibility index (Phi) is 14.4. The molecular weight excluding hydrogens is 818 g/mol. The van der Waals surface area contributed by atoms with Gasteiger partial charge in [-0.3, -0.25) is 4.79 Å². The van der Waals surface area contributed by atoms with Gasteiger partial charge < -0.3 is 33.6 Å². The van der Waals surface area contributed by atoms with E-state index in [1.165, 1.54) is 7.11 Å². The van der Waals surface area contributed by atoms with Crippen molar-refractivity contribution in [2.24, 2.45) is 0 Å². The predicted molar refractivity (Wildman–Crippen MR) is 237 cm³/mol. The summed E-state index contributed by atoms with van der Waals surface area (Å²) in [6.07, 6.45) is -3.62. The van der Waals surface area contributed by atoms with Gasteiger partial charge in [0.2, 0.25) is 5.82 Å². The maximum Gasteiger partial charge on any atom is 0.321 e. The second kappa shape index (κ2) is 20.9. The van der Waals surface area contributed by atoms with Crippen LogP contribution in [-0.4, -0.2) is 54.2 Å². The summed E-state index contributed by atoms with van der Waals surface area (Å²) in [6, 6.07) is 50.2. The van der Waals surface area contributed by atoms with Gasteiger partial charge >= 0.3 is 5.97 Å². The summed E-state index contributed by atoms with van der Waals surface area (Å²) < 4.78 is 39.6. The van der Waals surface area contributed by atoms with Crippen LogP contribution < -0.4 is 4.85 Å². The first-order valence-electron chi connectivity index (χ1n) is 20.8. The summed E-state index contributed by atoms with van der Waals surface area (Å²) in [7, 11) is 1.27. The lowest BCUT2D eigenvalue weighted by molar-refractivity contribution is -0.644. The lowest BCUT2D eigenvalue weighted by Crippen LogP contribution is -2.58. The van der Waals surface area contributed by atoms with E-state index in [1.54, 1.807) is 24.3 Å². The number of halogens is 1. The molecule has 0 saturated carbocycles. The first kappa shape index (κ1) is 43.6. The fourth-order valence-corrected chi connectivity index (χ4v) is 8.03. The summed E-state index contributed by atoms with van der Waals surface area (Å²) in [6.45, 7) is 3.14. The zero-order valence-electron chi connectivity index (χ0n) is 35.0. The lowest BCUT2D eigenvalue weighted by Gasteiger charge is -2.46. The van der Waals surface area contributed by atoms with Crippen LogP contribution in [0.1, 0.15) is 56.8 Å². The average Bonchev–Trinajstić information content (AvgIpc) is 3.32. The Hall–Kier alpha value is -6.05. The van der Waals surface area contributed by atoms with E-state index in [4.69, 9.17) is 40.0 Å². The summed E-state index contributed by atoms with van der Waals surface area (Å²) in [4.78, 5) is 18.9. The van der Waals surface area contributed by atoms with Gasteiger partial charge in [-0.1, -0.05) is 151 Å². The van der Waals surface area contributed by atoms with Gasteiger partial charge in [-0.2, -0.15) is 0 Å². The minimum Gasteiger partial charge on any atom is -0.594 e. The van der Waals surface area contributed by atoms with Crippen molar-refractivity contribution in [2.45, 2.75) is 69.8 Å². The zero-order chi connectivity index (χ0) is 43.5. The largest absolute Gasteiger partial charge is 0.594 e. The Morgan fingerprint density at radius 3 is 1.81 bits per heavy atom. The van der Waals surface area contributed by atoms with Crippen molar-refractivity contribution in [1.82, 2.24) is 10.1 Å². The number of esters is 1. The van der Waals surface area contributed by atoms with Gasteiger partial charge in [0.25, 0.3) is 5.52 Å². The third-order valence-corrected chi connectivity index (χ3v) is 11.3. The van der Waals surface area contributed by atoms with Crippen LogP contribution in [0.25, 0.3) is 11.0 Å². The number of aryl methyl sites for hydroxylation is 1. The second-order valence-corrected chi connectivity index (χ2v) is 15.9. The molecule has 0 N–H and O–H groups in total. The number of carbonyl (C=O) groups excluding carboxylic acids is 1. The van der Waals surface area contributed by atoms with Crippen molar-refractivity contribution in [3.8, 4) is 0 Å². The van der Waals surface area contributed by atoms with Crippen LogP contribution in [0, 0.1) is 12.1 Å². The number of hydrogen-bond acceptors (Lipinski definition) is 10. The molecule has 0 spiro atoms. The van der Waals surface area contributed by atoms with Crippen LogP contribution in [0.3, 0.4) is 0 Å². The van der Waals surface area contributed by atoms with Gasteiger partial charge in [0.15, 0.2) is 0 Å². The Morgan fingerprint density at radius 2 is 1.24 bits per heavy atom. The molecule has 1 saturated heterocycles. The van der Waals surface area contributed by atoms with Gasteiger partial charge in [0, 0.05) is 16.2 Å². The van der Waals surface area contributed by atoms with E-state index in [0.29, 0.717) is 28.1 Å². The molecule has 0 amide bonds. The van der Waals surface area contributed by atoms with E-state index in [1.807, 2.05) is 140 Å². The van der Waals surface area contributed by atoms with Crippen LogP contribution in [0.15, 0.2) is 158 Å². The number of rotatable bonds is 17. The van der Waals surface area contributed by atoms with Gasteiger partial charge in [-0.05, 0) is 62.8 Å². The molecule has 322 valence electrons. The molecule has 1 fully saturated rings. The second-order valence-electron chi connectivity index (χ2n) is 15.5. The van der Waals surface area contributed by atoms with Gasteiger partial charge in [0.05, 0.1) is 40.1 Å². The minimum atomic E-state index is -1.27. The topological polar surface area (TPSA) is 125 Å². The molecule has 1 aliphatic heterocycles. The molecule has 1 aromatic heterocycles. The molecule has 12 heteroatoms. The summed E-state index contributed by atoms with van der Waals surface area (Å²) in [5.41, 5.74) is 6.34. The molecule has 2 heterocycles. The third-order valence-electron chi connectivity index (χ3n) is 11.0. The van der Waals surface area contributed by atoms with E-state index in [0.717, 1.165) is 27.8 Å².